The molecule has 35 heavy (non-hydrogen) atoms. The Morgan fingerprint density at radius 1 is 1.29 bits per heavy atom. The third kappa shape index (κ3) is 5.01. The summed E-state index contributed by atoms with van der Waals surface area (Å²) in [7, 11) is 0. The van der Waals surface area contributed by atoms with Crippen LogP contribution in [0.25, 0.3) is 22.8 Å². The molecule has 3 aromatic rings. The first-order valence-electron chi connectivity index (χ1n) is 12.2. The molecular formula is C26H32N6O3. The van der Waals surface area contributed by atoms with E-state index in [-0.39, 0.29) is 18.1 Å². The van der Waals surface area contributed by atoms with E-state index in [2.05, 4.69) is 26.8 Å². The zero-order valence-electron chi connectivity index (χ0n) is 20.2. The zero-order chi connectivity index (χ0) is 24.4. The third-order valence-corrected chi connectivity index (χ3v) is 6.53. The number of nitrogen functional groups attached to an aromatic ring is 1. The van der Waals surface area contributed by atoms with E-state index in [0.717, 1.165) is 50.1 Å². The minimum atomic E-state index is 0.0387. The maximum absolute atomic E-state index is 12.6. The van der Waals surface area contributed by atoms with Gasteiger partial charge in [-0.2, -0.15) is 4.98 Å². The second-order valence-corrected chi connectivity index (χ2v) is 9.32. The van der Waals surface area contributed by atoms with E-state index in [1.54, 1.807) is 6.07 Å². The number of amides is 1. The number of aromatic nitrogens is 2. The lowest BCUT2D eigenvalue weighted by atomic mass is 10.0. The summed E-state index contributed by atoms with van der Waals surface area (Å²) in [5, 5.41) is 11.0. The summed E-state index contributed by atoms with van der Waals surface area (Å²) in [6.45, 7) is 7.52. The summed E-state index contributed by atoms with van der Waals surface area (Å²) in [6.07, 6.45) is 1.86. The van der Waals surface area contributed by atoms with Gasteiger partial charge in [-0.25, -0.2) is 0 Å². The first-order chi connectivity index (χ1) is 17.0. The Labute approximate surface area is 205 Å². The standard InChI is InChI=1S/C26H32N6O3/c1-16(2)34-23-9-6-17(14-21(23)27)26-30-25(31-35-26)20-5-3-4-19-18(20)7-8-22(19)29-15-24(33)32-12-10-28-11-13-32/h3-6,9,14,16,22,28-29H,7-8,10-13,15,27H2,1-2H3/t22-/m1/s1. The van der Waals surface area contributed by atoms with Crippen LogP contribution < -0.4 is 21.1 Å². The summed E-state index contributed by atoms with van der Waals surface area (Å²) < 4.78 is 11.3. The number of carbonyl (C=O) groups excluding carboxylic acids is 1. The van der Waals surface area contributed by atoms with Gasteiger partial charge in [-0.3, -0.25) is 4.79 Å². The number of nitrogens with two attached hydrogens (primary N) is 1. The first-order valence-corrected chi connectivity index (χ1v) is 12.2. The van der Waals surface area contributed by atoms with Gasteiger partial charge in [0.25, 0.3) is 5.89 Å². The minimum Gasteiger partial charge on any atom is -0.489 e. The Morgan fingerprint density at radius 2 is 2.11 bits per heavy atom. The largest absolute Gasteiger partial charge is 0.489 e. The Kier molecular flexibility index (Phi) is 6.70. The van der Waals surface area contributed by atoms with E-state index < -0.39 is 0 Å². The van der Waals surface area contributed by atoms with Crippen molar-refractivity contribution < 1.29 is 14.1 Å². The van der Waals surface area contributed by atoms with Gasteiger partial charge in [0.1, 0.15) is 5.75 Å². The van der Waals surface area contributed by atoms with Crippen LogP contribution in [0, 0.1) is 0 Å². The smallest absolute Gasteiger partial charge is 0.258 e. The molecule has 1 aromatic heterocycles. The number of fused-ring (bicyclic) bond motifs is 1. The number of hydrogen-bond donors (Lipinski definition) is 3. The van der Waals surface area contributed by atoms with Gasteiger partial charge in [-0.05, 0) is 56.0 Å². The Bertz CT molecular complexity index is 1200. The number of hydrogen-bond acceptors (Lipinski definition) is 8. The number of anilines is 1. The van der Waals surface area contributed by atoms with E-state index in [0.29, 0.717) is 29.7 Å². The van der Waals surface area contributed by atoms with Crippen molar-refractivity contribution in [3.63, 3.8) is 0 Å². The molecule has 0 radical (unpaired) electrons. The lowest BCUT2D eigenvalue weighted by molar-refractivity contribution is -0.130. The van der Waals surface area contributed by atoms with E-state index in [4.69, 9.17) is 15.0 Å². The quantitative estimate of drug-likeness (QED) is 0.446. The molecule has 0 unspecified atom stereocenters. The van der Waals surface area contributed by atoms with Crippen molar-refractivity contribution in [2.75, 3.05) is 38.5 Å². The molecule has 4 N–H and O–H groups in total. The molecule has 1 aliphatic carbocycles. The number of piperazine rings is 1. The Morgan fingerprint density at radius 3 is 2.89 bits per heavy atom. The fourth-order valence-electron chi connectivity index (χ4n) is 4.81. The topological polar surface area (TPSA) is 119 Å². The molecule has 9 heteroatoms. The first kappa shape index (κ1) is 23.3. The van der Waals surface area contributed by atoms with Crippen LogP contribution in [-0.4, -0.2) is 59.8 Å². The maximum Gasteiger partial charge on any atom is 0.258 e. The van der Waals surface area contributed by atoms with Crippen molar-refractivity contribution in [1.29, 1.82) is 0 Å². The predicted octanol–water partition coefficient (Wildman–Crippen LogP) is 2.78. The highest BCUT2D eigenvalue weighted by atomic mass is 16.5. The van der Waals surface area contributed by atoms with Gasteiger partial charge in [0, 0.05) is 43.3 Å². The van der Waals surface area contributed by atoms with Crippen LogP contribution in [0.5, 0.6) is 5.75 Å². The maximum atomic E-state index is 12.6. The van der Waals surface area contributed by atoms with E-state index >= 15 is 0 Å². The van der Waals surface area contributed by atoms with Crippen LogP contribution in [-0.2, 0) is 11.2 Å². The molecule has 5 rings (SSSR count). The number of carbonyl (C=O) groups is 1. The molecular weight excluding hydrogens is 444 g/mol. The Balaban J connectivity index is 1.31. The predicted molar refractivity (Wildman–Crippen MR) is 134 cm³/mol. The minimum absolute atomic E-state index is 0.0387. The lowest BCUT2D eigenvalue weighted by Crippen LogP contribution is -2.49. The Hall–Kier alpha value is -3.43. The molecule has 9 nitrogen and oxygen atoms in total. The lowest BCUT2D eigenvalue weighted by Gasteiger charge is -2.28. The molecule has 1 saturated heterocycles. The van der Waals surface area contributed by atoms with Gasteiger partial charge < -0.3 is 30.5 Å². The number of benzene rings is 2. The average molecular weight is 477 g/mol. The van der Waals surface area contributed by atoms with E-state index in [9.17, 15) is 4.79 Å². The van der Waals surface area contributed by atoms with E-state index in [1.807, 2.05) is 43.0 Å². The number of ether oxygens (including phenoxy) is 1. The van der Waals surface area contributed by atoms with E-state index in [1.165, 1.54) is 11.1 Å². The molecule has 0 bridgehead atoms. The van der Waals surface area contributed by atoms with Gasteiger partial charge in [0.15, 0.2) is 0 Å². The molecule has 0 saturated carbocycles. The number of nitrogens with one attached hydrogen (secondary N) is 2. The molecule has 1 amide bonds. The molecule has 1 atom stereocenters. The molecule has 2 aromatic carbocycles. The van der Waals surface area contributed by atoms with Crippen molar-refractivity contribution in [3.8, 4) is 28.6 Å². The number of rotatable bonds is 7. The van der Waals surface area contributed by atoms with Crippen molar-refractivity contribution in [2.24, 2.45) is 0 Å². The second kappa shape index (κ2) is 10.1. The van der Waals surface area contributed by atoms with Gasteiger partial charge in [-0.1, -0.05) is 23.4 Å². The highest BCUT2D eigenvalue weighted by Crippen LogP contribution is 2.37. The molecule has 184 valence electrons. The summed E-state index contributed by atoms with van der Waals surface area (Å²) in [4.78, 5) is 19.2. The van der Waals surface area contributed by atoms with Gasteiger partial charge in [0.2, 0.25) is 11.7 Å². The van der Waals surface area contributed by atoms with Crippen LogP contribution in [0.2, 0.25) is 0 Å². The molecule has 1 aliphatic heterocycles. The fraction of sp³-hybridized carbons (Fsp3) is 0.423. The summed E-state index contributed by atoms with van der Waals surface area (Å²) in [5.74, 6) is 1.76. The SMILES string of the molecule is CC(C)Oc1ccc(-c2nc(-c3cccc4c3CC[C@H]4NCC(=O)N3CCNCC3)no2)cc1N. The normalized spacial score (nSPS) is 17.6. The third-order valence-electron chi connectivity index (χ3n) is 6.53. The zero-order valence-corrected chi connectivity index (χ0v) is 20.2. The van der Waals surface area contributed by atoms with Crippen LogP contribution in [0.15, 0.2) is 40.9 Å². The average Bonchev–Trinajstić information content (AvgIpc) is 3.52. The second-order valence-electron chi connectivity index (χ2n) is 9.32. The molecule has 1 fully saturated rings. The number of nitrogens with zero attached hydrogens (tertiary/aromatic N) is 3. The highest BCUT2D eigenvalue weighted by Gasteiger charge is 2.27. The van der Waals surface area contributed by atoms with Gasteiger partial charge >= 0.3 is 0 Å². The van der Waals surface area contributed by atoms with Crippen LogP contribution in [0.1, 0.15) is 37.4 Å². The summed E-state index contributed by atoms with van der Waals surface area (Å²) in [6, 6.07) is 11.8. The van der Waals surface area contributed by atoms with Crippen molar-refractivity contribution in [1.82, 2.24) is 25.7 Å². The van der Waals surface area contributed by atoms with Crippen molar-refractivity contribution in [2.45, 2.75) is 38.8 Å². The van der Waals surface area contributed by atoms with Gasteiger partial charge in [0.05, 0.1) is 18.3 Å². The highest BCUT2D eigenvalue weighted by molar-refractivity contribution is 5.78. The summed E-state index contributed by atoms with van der Waals surface area (Å²) in [5.41, 5.74) is 10.8. The fourth-order valence-corrected chi connectivity index (χ4v) is 4.81. The van der Waals surface area contributed by atoms with Gasteiger partial charge in [-0.15, -0.1) is 0 Å². The summed E-state index contributed by atoms with van der Waals surface area (Å²) >= 11 is 0. The van der Waals surface area contributed by atoms with Crippen LogP contribution in [0.3, 0.4) is 0 Å². The molecule has 2 aliphatic rings. The molecule has 2 heterocycles. The van der Waals surface area contributed by atoms with Crippen molar-refractivity contribution in [3.05, 3.63) is 47.5 Å². The van der Waals surface area contributed by atoms with Crippen molar-refractivity contribution >= 4 is 11.6 Å². The van der Waals surface area contributed by atoms with Crippen LogP contribution >= 0.6 is 0 Å². The van der Waals surface area contributed by atoms with Crippen LogP contribution in [0.4, 0.5) is 5.69 Å². The monoisotopic (exact) mass is 476 g/mol. The molecule has 0 spiro atoms.